The molecular weight excluding hydrogens is 355 g/mol. The molecule has 1 aromatic rings. The fourth-order valence-corrected chi connectivity index (χ4v) is 3.37. The zero-order valence-corrected chi connectivity index (χ0v) is 13.3. The summed E-state index contributed by atoms with van der Waals surface area (Å²) in [5, 5.41) is 14.2. The van der Waals surface area contributed by atoms with Gasteiger partial charge in [0.1, 0.15) is 0 Å². The molecule has 5 heteroatoms. The van der Waals surface area contributed by atoms with E-state index in [1.54, 1.807) is 12.1 Å². The summed E-state index contributed by atoms with van der Waals surface area (Å²) in [6.45, 7) is 3.27. The number of nitro benzene ring substituents is 1. The number of hydrogen-bond acceptors (Lipinski definition) is 3. The quantitative estimate of drug-likeness (QED) is 0.477. The molecule has 1 aliphatic carbocycles. The van der Waals surface area contributed by atoms with E-state index in [0.29, 0.717) is 8.99 Å². The Balaban J connectivity index is 2.00. The lowest BCUT2D eigenvalue weighted by Crippen LogP contribution is -2.28. The molecule has 1 N–H and O–H groups in total. The first kappa shape index (κ1) is 14.6. The number of nitrogens with zero attached hydrogens (tertiary/aromatic N) is 1. The van der Waals surface area contributed by atoms with E-state index in [-0.39, 0.29) is 10.6 Å². The average molecular weight is 374 g/mol. The maximum absolute atomic E-state index is 10.8. The fourth-order valence-electron chi connectivity index (χ4n) is 2.66. The Morgan fingerprint density at radius 3 is 2.63 bits per heavy atom. The van der Waals surface area contributed by atoms with Crippen molar-refractivity contribution in [3.8, 4) is 0 Å². The molecule has 0 radical (unpaired) electrons. The topological polar surface area (TPSA) is 55.2 Å². The van der Waals surface area contributed by atoms with Crippen LogP contribution in [-0.4, -0.2) is 11.5 Å². The van der Waals surface area contributed by atoms with Crippen molar-refractivity contribution in [2.75, 3.05) is 11.9 Å². The molecule has 0 atom stereocenters. The maximum Gasteiger partial charge on any atom is 0.282 e. The Kier molecular flexibility index (Phi) is 4.65. The standard InChI is InChI=1S/C14H19IN2O2/c1-14(7-3-2-4-8-14)10-16-11-5-6-13(17(18)19)12(15)9-11/h5-6,9,16H,2-4,7-8,10H2,1H3. The Labute approximate surface area is 127 Å². The van der Waals surface area contributed by atoms with Crippen LogP contribution < -0.4 is 5.32 Å². The summed E-state index contributed by atoms with van der Waals surface area (Å²) in [4.78, 5) is 10.4. The number of benzene rings is 1. The van der Waals surface area contributed by atoms with Crippen molar-refractivity contribution < 1.29 is 4.92 Å². The van der Waals surface area contributed by atoms with Crippen molar-refractivity contribution in [1.82, 2.24) is 0 Å². The molecule has 0 saturated heterocycles. The first-order chi connectivity index (χ1) is 9.00. The van der Waals surface area contributed by atoms with E-state index in [2.05, 4.69) is 12.2 Å². The fraction of sp³-hybridized carbons (Fsp3) is 0.571. The molecule has 2 rings (SSSR count). The Morgan fingerprint density at radius 2 is 2.05 bits per heavy atom. The van der Waals surface area contributed by atoms with Gasteiger partial charge in [-0.05, 0) is 53.0 Å². The van der Waals surface area contributed by atoms with Gasteiger partial charge in [-0.15, -0.1) is 0 Å². The summed E-state index contributed by atoms with van der Waals surface area (Å²) in [7, 11) is 0. The van der Waals surface area contributed by atoms with Gasteiger partial charge < -0.3 is 5.32 Å². The second-order valence-electron chi connectivity index (χ2n) is 5.65. The first-order valence-electron chi connectivity index (χ1n) is 6.68. The van der Waals surface area contributed by atoms with Gasteiger partial charge in [-0.2, -0.15) is 0 Å². The van der Waals surface area contributed by atoms with Crippen LogP contribution in [0.3, 0.4) is 0 Å². The summed E-state index contributed by atoms with van der Waals surface area (Å²) in [6, 6.07) is 5.23. The molecule has 104 valence electrons. The number of nitrogens with one attached hydrogen (secondary N) is 1. The van der Waals surface area contributed by atoms with Crippen LogP contribution in [0.25, 0.3) is 0 Å². The third kappa shape index (κ3) is 3.81. The molecule has 1 fully saturated rings. The molecule has 19 heavy (non-hydrogen) atoms. The smallest absolute Gasteiger partial charge is 0.282 e. The van der Waals surface area contributed by atoms with Crippen LogP contribution >= 0.6 is 22.6 Å². The van der Waals surface area contributed by atoms with Gasteiger partial charge in [0.15, 0.2) is 0 Å². The van der Waals surface area contributed by atoms with Gasteiger partial charge in [-0.1, -0.05) is 26.2 Å². The lowest BCUT2D eigenvalue weighted by molar-refractivity contribution is -0.385. The second kappa shape index (κ2) is 6.07. The van der Waals surface area contributed by atoms with Crippen molar-refractivity contribution in [2.45, 2.75) is 39.0 Å². The molecule has 1 aliphatic rings. The average Bonchev–Trinajstić information content (AvgIpc) is 2.37. The van der Waals surface area contributed by atoms with Crippen LogP contribution in [0.1, 0.15) is 39.0 Å². The van der Waals surface area contributed by atoms with Crippen molar-refractivity contribution in [3.05, 3.63) is 31.9 Å². The summed E-state index contributed by atoms with van der Waals surface area (Å²) >= 11 is 2.02. The Morgan fingerprint density at radius 1 is 1.37 bits per heavy atom. The van der Waals surface area contributed by atoms with Crippen molar-refractivity contribution in [1.29, 1.82) is 0 Å². The van der Waals surface area contributed by atoms with E-state index < -0.39 is 0 Å². The van der Waals surface area contributed by atoms with Crippen molar-refractivity contribution in [2.24, 2.45) is 5.41 Å². The third-order valence-electron chi connectivity index (χ3n) is 3.92. The van der Waals surface area contributed by atoms with E-state index in [1.165, 1.54) is 32.1 Å². The lowest BCUT2D eigenvalue weighted by atomic mass is 9.76. The van der Waals surface area contributed by atoms with Crippen molar-refractivity contribution in [3.63, 3.8) is 0 Å². The minimum absolute atomic E-state index is 0.176. The number of nitro groups is 1. The van der Waals surface area contributed by atoms with Gasteiger partial charge >= 0.3 is 0 Å². The number of halogens is 1. The minimum Gasteiger partial charge on any atom is -0.384 e. The van der Waals surface area contributed by atoms with Gasteiger partial charge in [-0.3, -0.25) is 10.1 Å². The van der Waals surface area contributed by atoms with Crippen LogP contribution in [0.5, 0.6) is 0 Å². The van der Waals surface area contributed by atoms with Crippen LogP contribution in [0.15, 0.2) is 18.2 Å². The summed E-state index contributed by atoms with van der Waals surface area (Å²) < 4.78 is 0.682. The largest absolute Gasteiger partial charge is 0.384 e. The molecule has 1 aromatic carbocycles. The zero-order chi connectivity index (χ0) is 13.9. The van der Waals surface area contributed by atoms with Crippen LogP contribution in [0.4, 0.5) is 11.4 Å². The molecular formula is C14H19IN2O2. The predicted molar refractivity (Wildman–Crippen MR) is 85.5 cm³/mol. The zero-order valence-electron chi connectivity index (χ0n) is 11.1. The van der Waals surface area contributed by atoms with Gasteiger partial charge in [0, 0.05) is 18.3 Å². The third-order valence-corrected chi connectivity index (χ3v) is 4.79. The van der Waals surface area contributed by atoms with Crippen LogP contribution in [-0.2, 0) is 0 Å². The summed E-state index contributed by atoms with van der Waals surface area (Å²) in [6.07, 6.45) is 6.52. The van der Waals surface area contributed by atoms with E-state index >= 15 is 0 Å². The maximum atomic E-state index is 10.8. The molecule has 0 amide bonds. The normalized spacial score (nSPS) is 18.0. The summed E-state index contributed by atoms with van der Waals surface area (Å²) in [5.74, 6) is 0. The highest BCUT2D eigenvalue weighted by Crippen LogP contribution is 2.36. The monoisotopic (exact) mass is 374 g/mol. The number of anilines is 1. The predicted octanol–water partition coefficient (Wildman–Crippen LogP) is 4.58. The van der Waals surface area contributed by atoms with Gasteiger partial charge in [0.25, 0.3) is 5.69 Å². The molecule has 0 aliphatic heterocycles. The van der Waals surface area contributed by atoms with E-state index in [9.17, 15) is 10.1 Å². The minimum atomic E-state index is -0.339. The SMILES string of the molecule is CC1(CNc2ccc([N+](=O)[O-])c(I)c2)CCCCC1. The highest BCUT2D eigenvalue weighted by atomic mass is 127. The van der Waals surface area contributed by atoms with Gasteiger partial charge in [-0.25, -0.2) is 0 Å². The van der Waals surface area contributed by atoms with E-state index in [4.69, 9.17) is 0 Å². The molecule has 0 spiro atoms. The first-order valence-corrected chi connectivity index (χ1v) is 7.76. The second-order valence-corrected chi connectivity index (χ2v) is 6.81. The Hall–Kier alpha value is -0.850. The van der Waals surface area contributed by atoms with Crippen molar-refractivity contribution >= 4 is 34.0 Å². The van der Waals surface area contributed by atoms with Crippen LogP contribution in [0, 0.1) is 19.1 Å². The van der Waals surface area contributed by atoms with Crippen LogP contribution in [0.2, 0.25) is 0 Å². The molecule has 0 aromatic heterocycles. The van der Waals surface area contributed by atoms with E-state index in [1.807, 2.05) is 28.7 Å². The number of hydrogen-bond donors (Lipinski definition) is 1. The van der Waals surface area contributed by atoms with Gasteiger partial charge in [0.05, 0.1) is 8.49 Å². The highest BCUT2D eigenvalue weighted by molar-refractivity contribution is 14.1. The molecule has 0 bridgehead atoms. The highest BCUT2D eigenvalue weighted by Gasteiger charge is 2.26. The van der Waals surface area contributed by atoms with E-state index in [0.717, 1.165) is 12.2 Å². The number of rotatable bonds is 4. The molecule has 1 saturated carbocycles. The van der Waals surface area contributed by atoms with Gasteiger partial charge in [0.2, 0.25) is 0 Å². The molecule has 4 nitrogen and oxygen atoms in total. The molecule has 0 heterocycles. The lowest BCUT2D eigenvalue weighted by Gasteiger charge is -2.34. The molecule has 0 unspecified atom stereocenters. The Bertz CT molecular complexity index is 471. The summed E-state index contributed by atoms with van der Waals surface area (Å²) in [5.41, 5.74) is 1.52.